The van der Waals surface area contributed by atoms with Crippen molar-refractivity contribution in [2.24, 2.45) is 4.99 Å². The quantitative estimate of drug-likeness (QED) is 0.422. The smallest absolute Gasteiger partial charge is 0.341 e. The molecule has 0 bridgehead atoms. The van der Waals surface area contributed by atoms with Crippen LogP contribution in [0.25, 0.3) is 11.1 Å². The van der Waals surface area contributed by atoms with Gasteiger partial charge in [-0.3, -0.25) is 0 Å². The molecule has 0 saturated heterocycles. The van der Waals surface area contributed by atoms with E-state index in [1.165, 1.54) is 23.6 Å². The first kappa shape index (κ1) is 19.1. The minimum atomic E-state index is -0.420. The summed E-state index contributed by atoms with van der Waals surface area (Å²) >= 11 is 7.32. The number of nitrogens with zero attached hydrogens (tertiary/aromatic N) is 1. The molecular formula is C21H18ClNO3S. The first-order valence-corrected chi connectivity index (χ1v) is 9.63. The summed E-state index contributed by atoms with van der Waals surface area (Å²) < 4.78 is 5.23. The molecule has 0 saturated carbocycles. The lowest BCUT2D eigenvalue weighted by Gasteiger charge is -2.06. The van der Waals surface area contributed by atoms with Gasteiger partial charge in [-0.25, -0.2) is 9.79 Å². The molecule has 0 fully saturated rings. The van der Waals surface area contributed by atoms with Crippen LogP contribution in [-0.2, 0) is 4.74 Å². The van der Waals surface area contributed by atoms with Gasteiger partial charge in [0.25, 0.3) is 0 Å². The monoisotopic (exact) mass is 399 g/mol. The summed E-state index contributed by atoms with van der Waals surface area (Å²) in [4.78, 5) is 17.0. The number of benzene rings is 2. The topological polar surface area (TPSA) is 58.9 Å². The van der Waals surface area contributed by atoms with Crippen LogP contribution in [0.1, 0.15) is 28.4 Å². The van der Waals surface area contributed by atoms with Crippen molar-refractivity contribution < 1.29 is 14.6 Å². The molecular weight excluding hydrogens is 382 g/mol. The van der Waals surface area contributed by atoms with Crippen molar-refractivity contribution in [2.45, 2.75) is 13.8 Å². The zero-order chi connectivity index (χ0) is 19.4. The number of aryl methyl sites for hydroxylation is 1. The van der Waals surface area contributed by atoms with Gasteiger partial charge < -0.3 is 9.84 Å². The predicted octanol–water partition coefficient (Wildman–Crippen LogP) is 6.01. The lowest BCUT2D eigenvalue weighted by Crippen LogP contribution is -2.05. The van der Waals surface area contributed by atoms with E-state index in [1.807, 2.05) is 36.6 Å². The number of carbonyl (C=O) groups excluding carboxylic acids is 1. The van der Waals surface area contributed by atoms with Gasteiger partial charge in [0, 0.05) is 27.7 Å². The van der Waals surface area contributed by atoms with Crippen molar-refractivity contribution in [3.63, 3.8) is 0 Å². The van der Waals surface area contributed by atoms with Crippen molar-refractivity contribution in [3.8, 4) is 16.9 Å². The Morgan fingerprint density at radius 3 is 2.70 bits per heavy atom. The number of thiophene rings is 1. The van der Waals surface area contributed by atoms with E-state index in [4.69, 9.17) is 16.3 Å². The number of aliphatic imine (C=N–C) groups is 1. The van der Waals surface area contributed by atoms with E-state index in [2.05, 4.69) is 4.99 Å². The maximum absolute atomic E-state index is 12.6. The molecule has 0 aliphatic carbocycles. The van der Waals surface area contributed by atoms with Crippen molar-refractivity contribution >= 4 is 40.1 Å². The van der Waals surface area contributed by atoms with Gasteiger partial charge >= 0.3 is 5.97 Å². The second kappa shape index (κ2) is 8.37. The average molecular weight is 400 g/mol. The first-order valence-electron chi connectivity index (χ1n) is 8.38. The maximum Gasteiger partial charge on any atom is 0.341 e. The molecule has 0 aliphatic rings. The standard InChI is InChI=1S/C21H18ClNO3S/c1-3-26-21(25)19-17(14-6-4-13(2)5-7-14)12-27-20(19)23-11-15-10-16(22)8-9-18(15)24/h4-12,24H,3H2,1-2H3/b23-11+. The van der Waals surface area contributed by atoms with Crippen molar-refractivity contribution in [1.29, 1.82) is 0 Å². The van der Waals surface area contributed by atoms with Gasteiger partial charge in [-0.1, -0.05) is 41.4 Å². The lowest BCUT2D eigenvalue weighted by molar-refractivity contribution is 0.0529. The number of phenols is 1. The Bertz CT molecular complexity index is 993. The highest BCUT2D eigenvalue weighted by Crippen LogP contribution is 2.38. The molecule has 3 rings (SSSR count). The number of ether oxygens (including phenoxy) is 1. The second-order valence-corrected chi connectivity index (χ2v) is 7.17. The Morgan fingerprint density at radius 2 is 2.00 bits per heavy atom. The SMILES string of the molecule is CCOC(=O)c1c(-c2ccc(C)cc2)csc1/N=C/c1cc(Cl)ccc1O. The summed E-state index contributed by atoms with van der Waals surface area (Å²) in [6.07, 6.45) is 1.49. The summed E-state index contributed by atoms with van der Waals surface area (Å²) in [6.45, 7) is 4.06. The molecule has 0 atom stereocenters. The highest BCUT2D eigenvalue weighted by Gasteiger charge is 2.21. The highest BCUT2D eigenvalue weighted by molar-refractivity contribution is 7.14. The molecule has 0 unspecified atom stereocenters. The third-order valence-electron chi connectivity index (χ3n) is 3.92. The van der Waals surface area contributed by atoms with Crippen molar-refractivity contribution in [1.82, 2.24) is 0 Å². The molecule has 0 aliphatic heterocycles. The van der Waals surface area contributed by atoms with Gasteiger partial charge in [0.15, 0.2) is 0 Å². The number of aromatic hydroxyl groups is 1. The number of hydrogen-bond acceptors (Lipinski definition) is 5. The van der Waals surface area contributed by atoms with E-state index in [-0.39, 0.29) is 12.4 Å². The van der Waals surface area contributed by atoms with Crippen LogP contribution in [0.5, 0.6) is 5.75 Å². The van der Waals surface area contributed by atoms with Gasteiger partial charge in [0.05, 0.1) is 6.61 Å². The van der Waals surface area contributed by atoms with Gasteiger partial charge in [-0.15, -0.1) is 11.3 Å². The van der Waals surface area contributed by atoms with E-state index in [1.54, 1.807) is 19.1 Å². The molecule has 27 heavy (non-hydrogen) atoms. The molecule has 0 spiro atoms. The Morgan fingerprint density at radius 1 is 1.26 bits per heavy atom. The zero-order valence-electron chi connectivity index (χ0n) is 14.9. The fourth-order valence-electron chi connectivity index (χ4n) is 2.55. The van der Waals surface area contributed by atoms with Crippen LogP contribution < -0.4 is 0 Å². The van der Waals surface area contributed by atoms with Gasteiger partial charge in [0.2, 0.25) is 0 Å². The molecule has 1 N–H and O–H groups in total. The van der Waals surface area contributed by atoms with Crippen molar-refractivity contribution in [2.75, 3.05) is 6.61 Å². The number of hydrogen-bond donors (Lipinski definition) is 1. The molecule has 0 amide bonds. The van der Waals surface area contributed by atoms with Crippen LogP contribution in [-0.4, -0.2) is 23.9 Å². The molecule has 2 aromatic carbocycles. The minimum Gasteiger partial charge on any atom is -0.507 e. The van der Waals surface area contributed by atoms with E-state index >= 15 is 0 Å². The summed E-state index contributed by atoms with van der Waals surface area (Å²) in [5, 5.41) is 12.8. The fourth-order valence-corrected chi connectivity index (χ4v) is 3.63. The van der Waals surface area contributed by atoms with E-state index in [0.29, 0.717) is 21.2 Å². The van der Waals surface area contributed by atoms with E-state index in [0.717, 1.165) is 16.7 Å². The molecule has 3 aromatic rings. The van der Waals surface area contributed by atoms with Crippen LogP contribution in [0.2, 0.25) is 5.02 Å². The zero-order valence-corrected chi connectivity index (χ0v) is 16.5. The molecule has 4 nitrogen and oxygen atoms in total. The third kappa shape index (κ3) is 4.38. The van der Waals surface area contributed by atoms with Gasteiger partial charge in [0.1, 0.15) is 16.3 Å². The van der Waals surface area contributed by atoms with Crippen LogP contribution in [0.15, 0.2) is 52.8 Å². The normalized spacial score (nSPS) is 11.1. The average Bonchev–Trinajstić information content (AvgIpc) is 3.07. The Kier molecular flexibility index (Phi) is 5.94. The van der Waals surface area contributed by atoms with Gasteiger partial charge in [-0.05, 0) is 37.6 Å². The van der Waals surface area contributed by atoms with Crippen LogP contribution in [0.3, 0.4) is 0 Å². The van der Waals surface area contributed by atoms with E-state index < -0.39 is 5.97 Å². The fraction of sp³-hybridized carbons (Fsp3) is 0.143. The Balaban J connectivity index is 2.04. The molecule has 0 radical (unpaired) electrons. The van der Waals surface area contributed by atoms with E-state index in [9.17, 15) is 9.90 Å². The van der Waals surface area contributed by atoms with Crippen LogP contribution >= 0.6 is 22.9 Å². The molecule has 1 heterocycles. The summed E-state index contributed by atoms with van der Waals surface area (Å²) in [6, 6.07) is 12.6. The predicted molar refractivity (Wildman–Crippen MR) is 111 cm³/mol. The van der Waals surface area contributed by atoms with Gasteiger partial charge in [-0.2, -0.15) is 0 Å². The molecule has 6 heteroatoms. The maximum atomic E-state index is 12.6. The molecule has 1 aromatic heterocycles. The number of carbonyl (C=O) groups is 1. The second-order valence-electron chi connectivity index (χ2n) is 5.88. The third-order valence-corrected chi connectivity index (χ3v) is 5.05. The molecule has 138 valence electrons. The van der Waals surface area contributed by atoms with Crippen molar-refractivity contribution in [3.05, 3.63) is 69.6 Å². The number of phenolic OH excluding ortho intramolecular Hbond substituents is 1. The largest absolute Gasteiger partial charge is 0.507 e. The van der Waals surface area contributed by atoms with Crippen LogP contribution in [0.4, 0.5) is 5.00 Å². The summed E-state index contributed by atoms with van der Waals surface area (Å²) in [7, 11) is 0. The number of esters is 1. The number of rotatable bonds is 5. The van der Waals surface area contributed by atoms with Crippen LogP contribution in [0, 0.1) is 6.92 Å². The Labute approximate surface area is 166 Å². The summed E-state index contributed by atoms with van der Waals surface area (Å²) in [5.74, 6) is -0.354. The first-order chi connectivity index (χ1) is 13.0. The Hall–Kier alpha value is -2.63. The highest BCUT2D eigenvalue weighted by atomic mass is 35.5. The minimum absolute atomic E-state index is 0.0659. The number of halogens is 1. The lowest BCUT2D eigenvalue weighted by atomic mass is 10.0. The summed E-state index contributed by atoms with van der Waals surface area (Å²) in [5.41, 5.74) is 3.74.